The van der Waals surface area contributed by atoms with E-state index in [0.29, 0.717) is 5.56 Å². The molecule has 2 rings (SSSR count). The maximum Gasteiger partial charge on any atom is 0.329 e. The number of hydrogen-bond donors (Lipinski definition) is 2. The van der Waals surface area contributed by atoms with Crippen molar-refractivity contribution in [1.82, 2.24) is 5.32 Å². The van der Waals surface area contributed by atoms with E-state index in [0.717, 1.165) is 5.56 Å². The molecule has 2 atom stereocenters. The Balaban J connectivity index is 1.94. The molecule has 0 saturated carbocycles. The van der Waals surface area contributed by atoms with E-state index < -0.39 is 29.8 Å². The molecule has 0 saturated heterocycles. The maximum absolute atomic E-state index is 13.6. The average molecular weight is 414 g/mol. The van der Waals surface area contributed by atoms with Crippen LogP contribution in [0, 0.1) is 18.7 Å². The molecule has 2 N–H and O–H groups in total. The third-order valence-corrected chi connectivity index (χ3v) is 4.55. The Kier molecular flexibility index (Phi) is 8.09. The van der Waals surface area contributed by atoms with Crippen LogP contribution in [0.2, 0.25) is 0 Å². The summed E-state index contributed by atoms with van der Waals surface area (Å²) in [6.45, 7) is 6.58. The second-order valence-corrected chi connectivity index (χ2v) is 7.48. The smallest absolute Gasteiger partial charge is 0.329 e. The number of ether oxygens (including phenoxy) is 1. The first-order chi connectivity index (χ1) is 14.2. The summed E-state index contributed by atoms with van der Waals surface area (Å²) in [6, 6.07) is 12.6. The topological polar surface area (TPSA) is 84.5 Å². The van der Waals surface area contributed by atoms with E-state index in [4.69, 9.17) is 4.74 Å². The van der Waals surface area contributed by atoms with Crippen molar-refractivity contribution in [2.45, 2.75) is 46.3 Å². The number of carbonyl (C=O) groups is 3. The zero-order valence-electron chi connectivity index (χ0n) is 17.6. The fourth-order valence-corrected chi connectivity index (χ4v) is 2.72. The predicted molar refractivity (Wildman–Crippen MR) is 112 cm³/mol. The monoisotopic (exact) mass is 414 g/mol. The van der Waals surface area contributed by atoms with Crippen LogP contribution in [0.4, 0.5) is 10.1 Å². The zero-order chi connectivity index (χ0) is 22.3. The third kappa shape index (κ3) is 6.69. The molecule has 160 valence electrons. The Bertz CT molecular complexity index is 899. The number of nitrogens with one attached hydrogen (secondary N) is 2. The molecule has 30 heavy (non-hydrogen) atoms. The highest BCUT2D eigenvalue weighted by atomic mass is 19.1. The van der Waals surface area contributed by atoms with Gasteiger partial charge in [0, 0.05) is 5.69 Å². The largest absolute Gasteiger partial charge is 0.451 e. The number of benzene rings is 2. The Morgan fingerprint density at radius 3 is 2.30 bits per heavy atom. The molecule has 0 radical (unpaired) electrons. The Morgan fingerprint density at radius 1 is 1.03 bits per heavy atom. The van der Waals surface area contributed by atoms with Gasteiger partial charge in [-0.1, -0.05) is 50.2 Å². The highest BCUT2D eigenvalue weighted by Crippen LogP contribution is 2.14. The van der Waals surface area contributed by atoms with Crippen molar-refractivity contribution in [3.63, 3.8) is 0 Å². The number of halogens is 1. The van der Waals surface area contributed by atoms with Crippen molar-refractivity contribution < 1.29 is 23.5 Å². The highest BCUT2D eigenvalue weighted by molar-refractivity contribution is 5.95. The summed E-state index contributed by atoms with van der Waals surface area (Å²) in [5.74, 6) is -2.30. The van der Waals surface area contributed by atoms with Gasteiger partial charge in [-0.2, -0.15) is 0 Å². The molecule has 0 aliphatic carbocycles. The van der Waals surface area contributed by atoms with Crippen LogP contribution in [0.15, 0.2) is 48.5 Å². The summed E-state index contributed by atoms with van der Waals surface area (Å²) in [5.41, 5.74) is 1.55. The quantitative estimate of drug-likeness (QED) is 0.649. The maximum atomic E-state index is 13.6. The standard InChI is InChI=1S/C23H27FN2O4/c1-14(2)21(26-20(27)12-17-8-6-5-7-9-17)23(29)30-16(4)22(28)25-18-11-10-15(3)19(24)13-18/h5-11,13-14,16,21H,12H2,1-4H3,(H,25,28)(H,26,27)/t16-,21+/m1/s1. The van der Waals surface area contributed by atoms with Crippen molar-refractivity contribution in [3.8, 4) is 0 Å². The van der Waals surface area contributed by atoms with Crippen LogP contribution in [0.25, 0.3) is 0 Å². The minimum atomic E-state index is -1.12. The van der Waals surface area contributed by atoms with Crippen LogP contribution in [0.1, 0.15) is 31.9 Å². The first kappa shape index (κ1) is 23.1. The molecular weight excluding hydrogens is 387 g/mol. The Hall–Kier alpha value is -3.22. The van der Waals surface area contributed by atoms with Gasteiger partial charge in [0.2, 0.25) is 5.91 Å². The van der Waals surface area contributed by atoms with Gasteiger partial charge in [0.05, 0.1) is 6.42 Å². The summed E-state index contributed by atoms with van der Waals surface area (Å²) in [5, 5.41) is 5.19. The fraction of sp³-hybridized carbons (Fsp3) is 0.348. The summed E-state index contributed by atoms with van der Waals surface area (Å²) in [7, 11) is 0. The van der Waals surface area contributed by atoms with Gasteiger partial charge in [-0.15, -0.1) is 0 Å². The van der Waals surface area contributed by atoms with E-state index in [9.17, 15) is 18.8 Å². The second kappa shape index (κ2) is 10.5. The van der Waals surface area contributed by atoms with Gasteiger partial charge in [0.1, 0.15) is 11.9 Å². The molecule has 0 aromatic heterocycles. The van der Waals surface area contributed by atoms with Crippen LogP contribution < -0.4 is 10.6 Å². The molecule has 0 spiro atoms. The molecular formula is C23H27FN2O4. The minimum Gasteiger partial charge on any atom is -0.451 e. The lowest BCUT2D eigenvalue weighted by molar-refractivity contribution is -0.157. The molecule has 0 aliphatic heterocycles. The van der Waals surface area contributed by atoms with Gasteiger partial charge >= 0.3 is 5.97 Å². The minimum absolute atomic E-state index is 0.131. The van der Waals surface area contributed by atoms with Crippen LogP contribution in [0.5, 0.6) is 0 Å². The van der Waals surface area contributed by atoms with Gasteiger partial charge in [-0.25, -0.2) is 9.18 Å². The van der Waals surface area contributed by atoms with Gasteiger partial charge in [0.25, 0.3) is 5.91 Å². The lowest BCUT2D eigenvalue weighted by Crippen LogP contribution is -2.47. The lowest BCUT2D eigenvalue weighted by Gasteiger charge is -2.23. The third-order valence-electron chi connectivity index (χ3n) is 4.55. The molecule has 2 aromatic carbocycles. The van der Waals surface area contributed by atoms with Crippen molar-refractivity contribution >= 4 is 23.5 Å². The zero-order valence-corrected chi connectivity index (χ0v) is 17.6. The second-order valence-electron chi connectivity index (χ2n) is 7.48. The van der Waals surface area contributed by atoms with E-state index in [1.165, 1.54) is 13.0 Å². The normalized spacial score (nSPS) is 12.7. The van der Waals surface area contributed by atoms with Gasteiger partial charge in [0.15, 0.2) is 6.10 Å². The van der Waals surface area contributed by atoms with Crippen LogP contribution in [0.3, 0.4) is 0 Å². The Labute approximate surface area is 175 Å². The van der Waals surface area contributed by atoms with Crippen molar-refractivity contribution in [3.05, 3.63) is 65.5 Å². The predicted octanol–water partition coefficient (Wildman–Crippen LogP) is 3.39. The first-order valence-corrected chi connectivity index (χ1v) is 9.78. The number of anilines is 1. The van der Waals surface area contributed by atoms with Crippen molar-refractivity contribution in [1.29, 1.82) is 0 Å². The number of hydrogen-bond acceptors (Lipinski definition) is 4. The molecule has 2 amide bonds. The van der Waals surface area contributed by atoms with Crippen LogP contribution >= 0.6 is 0 Å². The van der Waals surface area contributed by atoms with Crippen LogP contribution in [-0.4, -0.2) is 29.9 Å². The summed E-state index contributed by atoms with van der Waals surface area (Å²) >= 11 is 0. The average Bonchev–Trinajstić information content (AvgIpc) is 2.69. The van der Waals surface area contributed by atoms with Gasteiger partial charge in [-0.05, 0) is 43.0 Å². The van der Waals surface area contributed by atoms with E-state index >= 15 is 0 Å². The van der Waals surface area contributed by atoms with E-state index in [1.807, 2.05) is 30.3 Å². The van der Waals surface area contributed by atoms with Crippen molar-refractivity contribution in [2.75, 3.05) is 5.32 Å². The number of aryl methyl sites for hydroxylation is 1. The van der Waals surface area contributed by atoms with Gasteiger partial charge in [-0.3, -0.25) is 9.59 Å². The number of esters is 1. The molecule has 0 aliphatic rings. The highest BCUT2D eigenvalue weighted by Gasteiger charge is 2.29. The number of amides is 2. The molecule has 6 nitrogen and oxygen atoms in total. The number of carbonyl (C=O) groups excluding carboxylic acids is 3. The van der Waals surface area contributed by atoms with E-state index in [-0.39, 0.29) is 23.9 Å². The van der Waals surface area contributed by atoms with E-state index in [1.54, 1.807) is 32.9 Å². The summed E-state index contributed by atoms with van der Waals surface area (Å²) < 4.78 is 18.9. The summed E-state index contributed by atoms with van der Waals surface area (Å²) in [6.07, 6.45) is -0.985. The first-order valence-electron chi connectivity index (χ1n) is 9.78. The molecule has 0 fully saturated rings. The van der Waals surface area contributed by atoms with Gasteiger partial charge < -0.3 is 15.4 Å². The molecule has 0 unspecified atom stereocenters. The Morgan fingerprint density at radius 2 is 1.70 bits per heavy atom. The SMILES string of the molecule is Cc1ccc(NC(=O)[C@@H](C)OC(=O)[C@@H](NC(=O)Cc2ccccc2)C(C)C)cc1F. The lowest BCUT2D eigenvalue weighted by atomic mass is 10.0. The fourth-order valence-electron chi connectivity index (χ4n) is 2.72. The molecule has 2 aromatic rings. The van der Waals surface area contributed by atoms with Crippen LogP contribution in [-0.2, 0) is 25.5 Å². The van der Waals surface area contributed by atoms with E-state index in [2.05, 4.69) is 10.6 Å². The summed E-state index contributed by atoms with van der Waals surface area (Å²) in [4.78, 5) is 37.2. The molecule has 7 heteroatoms. The molecule has 0 heterocycles. The van der Waals surface area contributed by atoms with Crippen molar-refractivity contribution in [2.24, 2.45) is 5.92 Å². The molecule has 0 bridgehead atoms. The number of rotatable bonds is 8.